The van der Waals surface area contributed by atoms with Crippen molar-refractivity contribution in [3.8, 4) is 22.8 Å². The van der Waals surface area contributed by atoms with E-state index in [2.05, 4.69) is 20.7 Å². The Morgan fingerprint density at radius 1 is 1.15 bits per heavy atom. The van der Waals surface area contributed by atoms with Gasteiger partial charge in [0.15, 0.2) is 0 Å². The monoisotopic (exact) mass is 491 g/mol. The lowest BCUT2D eigenvalue weighted by Crippen LogP contribution is -2.34. The zero-order valence-electron chi connectivity index (χ0n) is 18.6. The van der Waals surface area contributed by atoms with E-state index in [0.29, 0.717) is 21.5 Å². The van der Waals surface area contributed by atoms with Gasteiger partial charge < -0.3 is 5.11 Å². The standard InChI is InChI=1S/C25H22ClN5O2S/c1-16-6-12-21(13-7-16)31-24(18-8-10-20(26)11-9-18)29-30-25(31)34-15-23(33)28-27-17(2)19-4-3-5-22(32)14-19/h3-14H,15H2,1-2H3,(H2,28,32,33). The van der Waals surface area contributed by atoms with Crippen molar-refractivity contribution in [1.82, 2.24) is 15.6 Å². The second-order valence-corrected chi connectivity index (χ2v) is 8.96. The van der Waals surface area contributed by atoms with Crippen LogP contribution in [0.1, 0.15) is 18.1 Å². The quantitative estimate of drug-likeness (QED) is 0.176. The fourth-order valence-electron chi connectivity index (χ4n) is 3.22. The predicted molar refractivity (Wildman–Crippen MR) is 132 cm³/mol. The van der Waals surface area contributed by atoms with Gasteiger partial charge in [0.2, 0.25) is 0 Å². The Hall–Kier alpha value is -3.62. The minimum absolute atomic E-state index is 0.106. The largest absolute Gasteiger partial charge is 0.872 e. The molecule has 0 saturated carbocycles. The third-order valence-electron chi connectivity index (χ3n) is 5.01. The number of nitrogens with zero attached hydrogens (tertiary/aromatic N) is 3. The minimum Gasteiger partial charge on any atom is -0.872 e. The highest BCUT2D eigenvalue weighted by Crippen LogP contribution is 2.22. The molecule has 1 heterocycles. The topological polar surface area (TPSA) is 97.1 Å². The molecule has 0 bridgehead atoms. The molecule has 34 heavy (non-hydrogen) atoms. The number of carbonyl (C=O) groups is 1. The molecule has 1 aromatic heterocycles. The lowest BCUT2D eigenvalue weighted by molar-refractivity contribution is -0.625. The SMILES string of the molecule is CC(=NNC(=O)CSc1n[nH]c(-c2ccc(Cl)cc2)[n+]1-c1ccc(C)cc1)c1cccc([O-])c1. The Bertz CT molecular complexity index is 1330. The first kappa shape index (κ1) is 23.5. The maximum atomic E-state index is 12.5. The van der Waals surface area contributed by atoms with Crippen LogP contribution in [0.25, 0.3) is 17.1 Å². The summed E-state index contributed by atoms with van der Waals surface area (Å²) < 4.78 is 1.97. The van der Waals surface area contributed by atoms with Crippen LogP contribution in [-0.4, -0.2) is 27.6 Å². The molecule has 3 aromatic carbocycles. The molecular weight excluding hydrogens is 470 g/mol. The summed E-state index contributed by atoms with van der Waals surface area (Å²) >= 11 is 7.34. The number of hydrogen-bond acceptors (Lipinski definition) is 5. The first-order valence-corrected chi connectivity index (χ1v) is 11.8. The van der Waals surface area contributed by atoms with E-state index < -0.39 is 0 Å². The summed E-state index contributed by atoms with van der Waals surface area (Å²) in [7, 11) is 0. The van der Waals surface area contributed by atoms with Gasteiger partial charge in [0.05, 0.1) is 22.1 Å². The van der Waals surface area contributed by atoms with Crippen molar-refractivity contribution in [2.75, 3.05) is 5.75 Å². The van der Waals surface area contributed by atoms with E-state index >= 15 is 0 Å². The average Bonchev–Trinajstić information content (AvgIpc) is 3.26. The lowest BCUT2D eigenvalue weighted by Gasteiger charge is -2.07. The van der Waals surface area contributed by atoms with Crippen LogP contribution >= 0.6 is 23.4 Å². The molecule has 7 nitrogen and oxygen atoms in total. The number of benzene rings is 3. The molecule has 0 unspecified atom stereocenters. The van der Waals surface area contributed by atoms with Gasteiger partial charge in [-0.05, 0) is 67.6 Å². The van der Waals surface area contributed by atoms with E-state index in [-0.39, 0.29) is 17.4 Å². The maximum absolute atomic E-state index is 12.5. The van der Waals surface area contributed by atoms with E-state index in [1.165, 1.54) is 23.9 Å². The number of nitrogens with one attached hydrogen (secondary N) is 2. The molecule has 0 saturated heterocycles. The van der Waals surface area contributed by atoms with Crippen LogP contribution in [-0.2, 0) is 4.79 Å². The zero-order valence-corrected chi connectivity index (χ0v) is 20.2. The Morgan fingerprint density at radius 3 is 2.59 bits per heavy atom. The van der Waals surface area contributed by atoms with Crippen LogP contribution in [0, 0.1) is 6.92 Å². The van der Waals surface area contributed by atoms with Crippen LogP contribution in [0.5, 0.6) is 5.75 Å². The highest BCUT2D eigenvalue weighted by Gasteiger charge is 2.24. The van der Waals surface area contributed by atoms with Crippen LogP contribution in [0.15, 0.2) is 83.1 Å². The Balaban J connectivity index is 1.53. The number of aromatic nitrogens is 3. The molecule has 0 atom stereocenters. The van der Waals surface area contributed by atoms with Crippen molar-refractivity contribution < 1.29 is 14.5 Å². The Morgan fingerprint density at radius 2 is 1.88 bits per heavy atom. The fraction of sp³-hybridized carbons (Fsp3) is 0.120. The van der Waals surface area contributed by atoms with E-state index in [1.54, 1.807) is 19.1 Å². The van der Waals surface area contributed by atoms with Crippen molar-refractivity contribution >= 4 is 35.0 Å². The molecule has 4 aromatic rings. The molecule has 0 radical (unpaired) electrons. The Kier molecular flexibility index (Phi) is 7.30. The molecule has 172 valence electrons. The van der Waals surface area contributed by atoms with Gasteiger partial charge in [0, 0.05) is 5.02 Å². The van der Waals surface area contributed by atoms with Gasteiger partial charge in [-0.3, -0.25) is 4.79 Å². The molecule has 1 amide bonds. The smallest absolute Gasteiger partial charge is 0.342 e. The second-order valence-electron chi connectivity index (χ2n) is 7.58. The van der Waals surface area contributed by atoms with Gasteiger partial charge in [0.1, 0.15) is 5.69 Å². The number of carbonyl (C=O) groups excluding carboxylic acids is 1. The molecule has 0 spiro atoms. The van der Waals surface area contributed by atoms with Gasteiger partial charge in [-0.25, -0.2) is 5.43 Å². The number of hydrogen-bond donors (Lipinski definition) is 2. The lowest BCUT2D eigenvalue weighted by atomic mass is 10.1. The van der Waals surface area contributed by atoms with Crippen molar-refractivity contribution in [3.63, 3.8) is 0 Å². The first-order chi connectivity index (χ1) is 16.4. The minimum atomic E-state index is -0.283. The highest BCUT2D eigenvalue weighted by atomic mass is 35.5. The van der Waals surface area contributed by atoms with Crippen molar-refractivity contribution in [2.24, 2.45) is 5.10 Å². The normalized spacial score (nSPS) is 11.4. The third-order valence-corrected chi connectivity index (χ3v) is 6.21. The first-order valence-electron chi connectivity index (χ1n) is 10.5. The Labute approximate surface area is 206 Å². The maximum Gasteiger partial charge on any atom is 0.342 e. The van der Waals surface area contributed by atoms with Crippen molar-refractivity contribution in [2.45, 2.75) is 19.0 Å². The third kappa shape index (κ3) is 5.65. The van der Waals surface area contributed by atoms with E-state index in [1.807, 2.05) is 60.0 Å². The number of hydrazone groups is 1. The summed E-state index contributed by atoms with van der Waals surface area (Å²) in [6.45, 7) is 3.76. The molecule has 0 aliphatic carbocycles. The summed E-state index contributed by atoms with van der Waals surface area (Å²) in [6.07, 6.45) is 0. The summed E-state index contributed by atoms with van der Waals surface area (Å²) in [6, 6.07) is 21.9. The molecule has 2 N–H and O–H groups in total. The predicted octanol–water partition coefficient (Wildman–Crippen LogP) is 4.02. The number of rotatable bonds is 7. The summed E-state index contributed by atoms with van der Waals surface area (Å²) in [4.78, 5) is 12.5. The molecule has 0 fully saturated rings. The molecule has 0 aliphatic rings. The number of thioether (sulfide) groups is 1. The summed E-state index contributed by atoms with van der Waals surface area (Å²) in [5.74, 6) is 0.489. The number of aryl methyl sites for hydroxylation is 1. The van der Waals surface area contributed by atoms with Gasteiger partial charge >= 0.3 is 5.16 Å². The number of aromatic amines is 1. The van der Waals surface area contributed by atoms with Crippen molar-refractivity contribution in [3.05, 3.63) is 88.9 Å². The molecule has 0 aliphatic heterocycles. The zero-order chi connectivity index (χ0) is 24.1. The van der Waals surface area contributed by atoms with E-state index in [0.717, 1.165) is 22.6 Å². The van der Waals surface area contributed by atoms with E-state index in [4.69, 9.17) is 11.6 Å². The highest BCUT2D eigenvalue weighted by molar-refractivity contribution is 7.99. The average molecular weight is 492 g/mol. The van der Waals surface area contributed by atoms with Crippen molar-refractivity contribution in [1.29, 1.82) is 0 Å². The molecule has 9 heteroatoms. The van der Waals surface area contributed by atoms with Crippen LogP contribution in [0.4, 0.5) is 0 Å². The summed E-state index contributed by atoms with van der Waals surface area (Å²) in [5, 5.41) is 24.4. The second kappa shape index (κ2) is 10.5. The van der Waals surface area contributed by atoms with Crippen LogP contribution in [0.3, 0.4) is 0 Å². The van der Waals surface area contributed by atoms with Crippen LogP contribution in [0.2, 0.25) is 5.02 Å². The van der Waals surface area contributed by atoms with E-state index in [9.17, 15) is 9.90 Å². The summed E-state index contributed by atoms with van der Waals surface area (Å²) in [5.41, 5.74) is 6.73. The fourth-order valence-corrected chi connectivity index (χ4v) is 4.11. The van der Waals surface area contributed by atoms with Gasteiger partial charge in [0.25, 0.3) is 11.7 Å². The van der Waals surface area contributed by atoms with Gasteiger partial charge in [-0.15, -0.1) is 10.8 Å². The van der Waals surface area contributed by atoms with Gasteiger partial charge in [-0.2, -0.15) is 9.67 Å². The number of halogens is 1. The number of H-pyrrole nitrogens is 1. The van der Waals surface area contributed by atoms with Crippen LogP contribution < -0.4 is 15.1 Å². The van der Waals surface area contributed by atoms with Gasteiger partial charge in [-0.1, -0.05) is 53.6 Å². The number of amides is 1. The molecular formula is C25H22ClN5O2S. The molecule has 4 rings (SSSR count).